The molecule has 0 fully saturated rings. The van der Waals surface area contributed by atoms with Crippen LogP contribution in [0.4, 0.5) is 0 Å². The van der Waals surface area contributed by atoms with E-state index in [1.165, 1.54) is 33.7 Å². The molecular formula is C43H43LiO2Si3. The van der Waals surface area contributed by atoms with Crippen LogP contribution in [0.1, 0.15) is 31.8 Å². The molecule has 240 valence electrons. The van der Waals surface area contributed by atoms with Gasteiger partial charge in [-0.05, 0) is 56.6 Å². The van der Waals surface area contributed by atoms with Gasteiger partial charge in [-0.25, -0.2) is 0 Å². The van der Waals surface area contributed by atoms with E-state index < -0.39 is 24.2 Å². The predicted molar refractivity (Wildman–Crippen MR) is 214 cm³/mol. The summed E-state index contributed by atoms with van der Waals surface area (Å²) in [4.78, 5) is 23.3. The number of rotatable bonds is 0. The van der Waals surface area contributed by atoms with Gasteiger partial charge in [0, 0.05) is 22.3 Å². The van der Waals surface area contributed by atoms with E-state index in [4.69, 9.17) is 6.42 Å². The van der Waals surface area contributed by atoms with E-state index in [1.54, 1.807) is 12.1 Å². The van der Waals surface area contributed by atoms with Gasteiger partial charge in [-0.2, -0.15) is 0 Å². The molecule has 0 heterocycles. The largest absolute Gasteiger partial charge is 1.00 e. The maximum Gasteiger partial charge on any atom is 1.00 e. The van der Waals surface area contributed by atoms with Crippen molar-refractivity contribution in [3.8, 4) is 28.5 Å². The number of ketones is 2. The topological polar surface area (TPSA) is 34.1 Å². The van der Waals surface area contributed by atoms with E-state index in [-0.39, 0.29) is 30.4 Å². The summed E-state index contributed by atoms with van der Waals surface area (Å²) in [5, 5.41) is 6.85. The van der Waals surface area contributed by atoms with Gasteiger partial charge < -0.3 is 12.0 Å². The van der Waals surface area contributed by atoms with Crippen molar-refractivity contribution in [1.82, 2.24) is 0 Å². The smallest absolute Gasteiger partial charge is 0.701 e. The number of carbonyl (C=O) groups excluding carboxylic acids is 2. The summed E-state index contributed by atoms with van der Waals surface area (Å²) in [6, 6.07) is 28.5. The molecule has 0 atom stereocenters. The Kier molecular flexibility index (Phi) is 12.9. The zero-order valence-electron chi connectivity index (χ0n) is 30.6. The van der Waals surface area contributed by atoms with Crippen molar-refractivity contribution in [2.45, 2.75) is 58.9 Å². The molecule has 6 heteroatoms. The van der Waals surface area contributed by atoms with Crippen LogP contribution in [-0.2, 0) is 0 Å². The molecule has 1 aliphatic carbocycles. The van der Waals surface area contributed by atoms with Gasteiger partial charge in [-0.1, -0.05) is 144 Å². The molecule has 2 nitrogen and oxygen atoms in total. The van der Waals surface area contributed by atoms with Gasteiger partial charge in [-0.3, -0.25) is 9.59 Å². The van der Waals surface area contributed by atoms with Crippen LogP contribution < -0.4 is 18.9 Å². The van der Waals surface area contributed by atoms with E-state index in [9.17, 15) is 9.59 Å². The number of benzene rings is 5. The molecule has 0 saturated heterocycles. The first kappa shape index (κ1) is 39.3. The molecule has 5 aromatic rings. The maximum absolute atomic E-state index is 11.6. The van der Waals surface area contributed by atoms with Gasteiger partial charge in [-0.15, -0.1) is 11.1 Å². The second-order valence-corrected chi connectivity index (χ2v) is 29.3. The molecular weight excluding hydrogens is 640 g/mol. The minimum Gasteiger partial charge on any atom is -0.701 e. The summed E-state index contributed by atoms with van der Waals surface area (Å²) < 4.78 is 0. The maximum atomic E-state index is 11.6. The summed E-state index contributed by atoms with van der Waals surface area (Å²) in [7, 11) is -4.12. The quantitative estimate of drug-likeness (QED) is 0.0727. The Labute approximate surface area is 308 Å². The second kappa shape index (κ2) is 16.1. The Morgan fingerprint density at radius 2 is 0.776 bits per heavy atom. The van der Waals surface area contributed by atoms with Crippen molar-refractivity contribution in [2.75, 3.05) is 0 Å². The zero-order valence-corrected chi connectivity index (χ0v) is 33.6. The molecule has 1 aliphatic rings. The summed E-state index contributed by atoms with van der Waals surface area (Å²) in [5.41, 5.74) is 12.9. The molecule has 5 aromatic carbocycles. The average molecular weight is 683 g/mol. The average Bonchev–Trinajstić information content (AvgIpc) is 3.03. The number of carbonyl (C=O) groups is 2. The monoisotopic (exact) mass is 682 g/mol. The molecule has 0 radical (unpaired) electrons. The van der Waals surface area contributed by atoms with Crippen LogP contribution in [0.3, 0.4) is 0 Å². The second-order valence-electron chi connectivity index (χ2n) is 15.0. The summed E-state index contributed by atoms with van der Waals surface area (Å²) >= 11 is 0. The number of hydrogen-bond donors (Lipinski definition) is 0. The minimum atomic E-state index is -1.45. The SMILES string of the molecule is C[Si](C)(C)C#Cc1c2ccccc2c(C#C[Si](C)(C)C)c2ccccc12.O=C1C=CC(=O)c2cc3ccccc3cc21.[C-]#C[Si](C)(C)C.[Li+]. The fourth-order valence-corrected chi connectivity index (χ4v) is 5.88. The first-order valence-electron chi connectivity index (χ1n) is 16.2. The molecule has 0 amide bonds. The minimum absolute atomic E-state index is 0. The summed E-state index contributed by atoms with van der Waals surface area (Å²) in [6.45, 7) is 20.0. The molecule has 0 saturated carbocycles. The third-order valence-corrected chi connectivity index (χ3v) is 9.73. The third kappa shape index (κ3) is 10.7. The molecule has 0 aromatic heterocycles. The fourth-order valence-electron chi connectivity index (χ4n) is 4.88. The van der Waals surface area contributed by atoms with E-state index >= 15 is 0 Å². The van der Waals surface area contributed by atoms with Crippen LogP contribution in [0.5, 0.6) is 0 Å². The van der Waals surface area contributed by atoms with Crippen LogP contribution in [0.25, 0.3) is 32.3 Å². The van der Waals surface area contributed by atoms with E-state index in [1.807, 2.05) is 24.3 Å². The number of allylic oxidation sites excluding steroid dienone is 2. The molecule has 0 bridgehead atoms. The van der Waals surface area contributed by atoms with Crippen LogP contribution in [0.2, 0.25) is 58.9 Å². The van der Waals surface area contributed by atoms with Crippen molar-refractivity contribution in [3.63, 3.8) is 0 Å². The Bertz CT molecular complexity index is 2050. The predicted octanol–water partition coefficient (Wildman–Crippen LogP) is 7.68. The molecule has 0 unspecified atom stereocenters. The Balaban J connectivity index is 0.000000240. The van der Waals surface area contributed by atoms with Crippen molar-refractivity contribution >= 4 is 68.1 Å². The van der Waals surface area contributed by atoms with Crippen LogP contribution in [-0.4, -0.2) is 35.8 Å². The molecule has 0 aliphatic heterocycles. The third-order valence-electron chi connectivity index (χ3n) is 7.23. The number of hydrogen-bond acceptors (Lipinski definition) is 2. The molecule has 0 spiro atoms. The molecule has 6 rings (SSSR count). The fraction of sp³-hybridized carbons (Fsp3) is 0.209. The zero-order chi connectivity index (χ0) is 35.3. The van der Waals surface area contributed by atoms with Crippen molar-refractivity contribution in [2.24, 2.45) is 0 Å². The van der Waals surface area contributed by atoms with Crippen molar-refractivity contribution in [3.05, 3.63) is 126 Å². The first-order chi connectivity index (χ1) is 22.5. The van der Waals surface area contributed by atoms with Crippen LogP contribution in [0, 0.1) is 34.9 Å². The standard InChI is InChI=1S/C24H26Si2.C14H8O2.C5H9Si.Li/c1-25(2,3)17-15-23-19-11-7-9-13-21(19)24(16-18-26(4,5)6)22-14-10-8-12-20(22)23;15-13-5-6-14(16)12-8-10-4-2-1-3-9(10)7-11(12)13;1-5-6(2,3)4;/h7-14H,1-6H3;1-8H;2-4H3;/q;;-1;+1. The van der Waals surface area contributed by atoms with Gasteiger partial charge in [0.1, 0.15) is 16.1 Å². The molecule has 49 heavy (non-hydrogen) atoms. The van der Waals surface area contributed by atoms with Gasteiger partial charge in [0.15, 0.2) is 11.6 Å². The van der Waals surface area contributed by atoms with Gasteiger partial charge in [0.2, 0.25) is 0 Å². The summed E-state index contributed by atoms with van der Waals surface area (Å²) in [5.74, 6) is 6.89. The van der Waals surface area contributed by atoms with E-state index in [0.717, 1.165) is 21.9 Å². The van der Waals surface area contributed by atoms with Crippen LogP contribution >= 0.6 is 0 Å². The van der Waals surface area contributed by atoms with Gasteiger partial charge >= 0.3 is 18.9 Å². The van der Waals surface area contributed by atoms with E-state index in [0.29, 0.717) is 11.1 Å². The Hall–Kier alpha value is -4.11. The Morgan fingerprint density at radius 1 is 0.490 bits per heavy atom. The molecule has 0 N–H and O–H groups in total. The number of fused-ring (bicyclic) bond motifs is 4. The van der Waals surface area contributed by atoms with Crippen molar-refractivity contribution < 1.29 is 28.4 Å². The Morgan fingerprint density at radius 3 is 1.04 bits per heavy atom. The first-order valence-corrected chi connectivity index (χ1v) is 26.7. The van der Waals surface area contributed by atoms with Gasteiger partial charge in [0.25, 0.3) is 0 Å². The van der Waals surface area contributed by atoms with Crippen LogP contribution in [0.15, 0.2) is 97.1 Å². The van der Waals surface area contributed by atoms with Crippen molar-refractivity contribution in [1.29, 1.82) is 0 Å². The summed E-state index contributed by atoms with van der Waals surface area (Å²) in [6.07, 6.45) is 9.33. The normalized spacial score (nSPS) is 12.1. The van der Waals surface area contributed by atoms with Gasteiger partial charge in [0.05, 0.1) is 8.07 Å². The van der Waals surface area contributed by atoms with E-state index in [2.05, 4.69) is 136 Å².